The van der Waals surface area contributed by atoms with Crippen LogP contribution < -0.4 is 5.73 Å². The molecule has 1 unspecified atom stereocenters. The highest BCUT2D eigenvalue weighted by molar-refractivity contribution is 14.1. The Kier molecular flexibility index (Phi) is 4.60. The predicted octanol–water partition coefficient (Wildman–Crippen LogP) is 5.63. The maximum atomic E-state index is 6.19. The minimum absolute atomic E-state index is 0.0289. The molecular weight excluding hydrogens is 416 g/mol. The van der Waals surface area contributed by atoms with Crippen LogP contribution in [0.1, 0.15) is 29.0 Å². The van der Waals surface area contributed by atoms with E-state index in [4.69, 9.17) is 28.9 Å². The molecule has 1 nitrogen and oxygen atoms in total. The summed E-state index contributed by atoms with van der Waals surface area (Å²) in [5.41, 5.74) is 11.1. The number of rotatable bonds is 2. The molecule has 0 aromatic heterocycles. The van der Waals surface area contributed by atoms with Crippen LogP contribution in [0.3, 0.4) is 0 Å². The molecule has 0 aliphatic heterocycles. The molecule has 0 radical (unpaired) electrons. The number of fused-ring (bicyclic) bond motifs is 1. The number of nitrogens with two attached hydrogens (primary N) is 1. The molecule has 4 heteroatoms. The Labute approximate surface area is 148 Å². The molecule has 3 rings (SSSR count). The van der Waals surface area contributed by atoms with E-state index in [0.717, 1.165) is 6.42 Å². The van der Waals surface area contributed by atoms with Crippen molar-refractivity contribution in [1.29, 1.82) is 0 Å². The molecule has 21 heavy (non-hydrogen) atoms. The lowest BCUT2D eigenvalue weighted by Gasteiger charge is -2.27. The SMILES string of the molecule is NC(I)C1=Cc2ccccc2[C@H](c2ccc(Cl)c(Cl)c2)C1. The summed E-state index contributed by atoms with van der Waals surface area (Å²) in [5.74, 6) is 0.275. The van der Waals surface area contributed by atoms with E-state index in [9.17, 15) is 0 Å². The minimum atomic E-state index is 0.0289. The summed E-state index contributed by atoms with van der Waals surface area (Å²) >= 11 is 14.5. The Hall–Kier alpha value is -0.550. The highest BCUT2D eigenvalue weighted by Gasteiger charge is 2.24. The van der Waals surface area contributed by atoms with Gasteiger partial charge in [-0.25, -0.2) is 0 Å². The summed E-state index contributed by atoms with van der Waals surface area (Å²) in [6, 6.07) is 14.3. The van der Waals surface area contributed by atoms with Gasteiger partial charge >= 0.3 is 0 Å². The fourth-order valence-corrected chi connectivity index (χ4v) is 3.52. The fourth-order valence-electron chi connectivity index (χ4n) is 2.78. The number of hydrogen-bond acceptors (Lipinski definition) is 1. The van der Waals surface area contributed by atoms with Crippen molar-refractivity contribution in [2.24, 2.45) is 5.73 Å². The lowest BCUT2D eigenvalue weighted by atomic mass is 9.79. The van der Waals surface area contributed by atoms with E-state index in [-0.39, 0.29) is 9.97 Å². The Morgan fingerprint density at radius 1 is 1.10 bits per heavy atom. The standard InChI is InChI=1S/C17H14Cl2IN/c18-15-6-5-11(9-16(15)19)14-8-12(17(20)21)7-10-3-1-2-4-13(10)14/h1-7,9,14,17H,8,21H2/t14-,17?/m0/s1. The van der Waals surface area contributed by atoms with Crippen molar-refractivity contribution in [3.8, 4) is 0 Å². The zero-order valence-corrected chi connectivity index (χ0v) is 14.9. The van der Waals surface area contributed by atoms with Crippen LogP contribution in [0.4, 0.5) is 0 Å². The maximum Gasteiger partial charge on any atom is 0.0787 e. The summed E-state index contributed by atoms with van der Waals surface area (Å²) in [7, 11) is 0. The van der Waals surface area contributed by atoms with Gasteiger partial charge in [0.25, 0.3) is 0 Å². The van der Waals surface area contributed by atoms with Crippen molar-refractivity contribution < 1.29 is 0 Å². The highest BCUT2D eigenvalue weighted by Crippen LogP contribution is 2.41. The van der Waals surface area contributed by atoms with Gasteiger partial charge in [-0.15, -0.1) is 0 Å². The smallest absolute Gasteiger partial charge is 0.0787 e. The van der Waals surface area contributed by atoms with Crippen LogP contribution in [0.15, 0.2) is 48.0 Å². The summed E-state index contributed by atoms with van der Waals surface area (Å²) in [4.78, 5) is 0. The largest absolute Gasteiger partial charge is 0.316 e. The van der Waals surface area contributed by atoms with E-state index in [1.165, 1.54) is 22.3 Å². The molecule has 0 saturated heterocycles. The molecule has 2 atom stereocenters. The van der Waals surface area contributed by atoms with Crippen LogP contribution in [-0.4, -0.2) is 4.05 Å². The Morgan fingerprint density at radius 2 is 1.86 bits per heavy atom. The Balaban J connectivity index is 2.10. The Morgan fingerprint density at radius 3 is 2.57 bits per heavy atom. The van der Waals surface area contributed by atoms with Crippen LogP contribution in [-0.2, 0) is 0 Å². The molecule has 0 heterocycles. The molecule has 0 fully saturated rings. The molecule has 1 aliphatic carbocycles. The highest BCUT2D eigenvalue weighted by atomic mass is 127. The zero-order chi connectivity index (χ0) is 15.0. The Bertz CT molecular complexity index is 710. The quantitative estimate of drug-likeness (QED) is 0.373. The summed E-state index contributed by atoms with van der Waals surface area (Å²) in [5, 5.41) is 1.19. The second-order valence-electron chi connectivity index (χ2n) is 5.18. The molecule has 0 spiro atoms. The average Bonchev–Trinajstić information content (AvgIpc) is 2.49. The lowest BCUT2D eigenvalue weighted by Crippen LogP contribution is -2.19. The number of hydrogen-bond donors (Lipinski definition) is 1. The van der Waals surface area contributed by atoms with Crippen molar-refractivity contribution in [3.05, 3.63) is 74.8 Å². The predicted molar refractivity (Wildman–Crippen MR) is 99.3 cm³/mol. The van der Waals surface area contributed by atoms with Crippen molar-refractivity contribution in [3.63, 3.8) is 0 Å². The molecule has 0 amide bonds. The molecule has 2 aromatic rings. The first-order chi connectivity index (χ1) is 10.1. The van der Waals surface area contributed by atoms with Crippen molar-refractivity contribution in [2.75, 3.05) is 0 Å². The molecule has 1 aliphatic rings. The first-order valence-electron chi connectivity index (χ1n) is 6.70. The summed E-state index contributed by atoms with van der Waals surface area (Å²) in [6.07, 6.45) is 3.12. The second kappa shape index (κ2) is 6.29. The van der Waals surface area contributed by atoms with Gasteiger partial charge in [0, 0.05) is 5.92 Å². The van der Waals surface area contributed by atoms with E-state index in [1.54, 1.807) is 0 Å². The normalized spacial score (nSPS) is 18.9. The average molecular weight is 430 g/mol. The zero-order valence-electron chi connectivity index (χ0n) is 11.2. The van der Waals surface area contributed by atoms with Gasteiger partial charge in [-0.1, -0.05) is 82.2 Å². The first-order valence-corrected chi connectivity index (χ1v) is 8.70. The van der Waals surface area contributed by atoms with Gasteiger partial charge in [-0.3, -0.25) is 0 Å². The second-order valence-corrected chi connectivity index (χ2v) is 7.34. The van der Waals surface area contributed by atoms with Crippen LogP contribution in [0.25, 0.3) is 6.08 Å². The van der Waals surface area contributed by atoms with Crippen molar-refractivity contribution in [1.82, 2.24) is 0 Å². The number of halogens is 3. The third kappa shape index (κ3) is 3.14. The van der Waals surface area contributed by atoms with Crippen molar-refractivity contribution >= 4 is 51.9 Å². The van der Waals surface area contributed by atoms with Crippen LogP contribution >= 0.6 is 45.8 Å². The maximum absolute atomic E-state index is 6.19. The molecule has 0 bridgehead atoms. The molecule has 108 valence electrons. The summed E-state index contributed by atoms with van der Waals surface area (Å²) in [6.45, 7) is 0. The fraction of sp³-hybridized carbons (Fsp3) is 0.176. The number of benzene rings is 2. The van der Waals surface area contributed by atoms with E-state index in [1.807, 2.05) is 12.1 Å². The van der Waals surface area contributed by atoms with E-state index < -0.39 is 0 Å². The van der Waals surface area contributed by atoms with Gasteiger partial charge in [0.05, 0.1) is 14.1 Å². The lowest BCUT2D eigenvalue weighted by molar-refractivity contribution is 0.765. The van der Waals surface area contributed by atoms with Gasteiger partial charge in [0.2, 0.25) is 0 Å². The minimum Gasteiger partial charge on any atom is -0.316 e. The third-order valence-electron chi connectivity index (χ3n) is 3.85. The van der Waals surface area contributed by atoms with Crippen LogP contribution in [0.5, 0.6) is 0 Å². The van der Waals surface area contributed by atoms with Gasteiger partial charge in [-0.2, -0.15) is 0 Å². The van der Waals surface area contributed by atoms with Gasteiger partial charge in [0.15, 0.2) is 0 Å². The monoisotopic (exact) mass is 429 g/mol. The topological polar surface area (TPSA) is 26.0 Å². The third-order valence-corrected chi connectivity index (χ3v) is 5.39. The summed E-state index contributed by atoms with van der Waals surface area (Å²) < 4.78 is 0.0289. The van der Waals surface area contributed by atoms with Crippen molar-refractivity contribution in [2.45, 2.75) is 16.4 Å². The van der Waals surface area contributed by atoms with E-state index in [0.29, 0.717) is 10.0 Å². The van der Waals surface area contributed by atoms with Gasteiger partial charge in [-0.05, 0) is 40.8 Å². The molecular formula is C17H14Cl2IN. The molecule has 0 saturated carbocycles. The first kappa shape index (κ1) is 15.3. The van der Waals surface area contributed by atoms with Crippen LogP contribution in [0, 0.1) is 0 Å². The molecule has 2 N–H and O–H groups in total. The number of alkyl halides is 1. The van der Waals surface area contributed by atoms with E-state index in [2.05, 4.69) is 59.0 Å². The van der Waals surface area contributed by atoms with Gasteiger partial charge in [0.1, 0.15) is 0 Å². The van der Waals surface area contributed by atoms with Crippen LogP contribution in [0.2, 0.25) is 10.0 Å². The van der Waals surface area contributed by atoms with E-state index >= 15 is 0 Å². The van der Waals surface area contributed by atoms with Gasteiger partial charge < -0.3 is 5.73 Å². The molecule has 2 aromatic carbocycles.